The zero-order chi connectivity index (χ0) is 13.6. The Kier molecular flexibility index (Phi) is 5.10. The minimum atomic E-state index is 0.864. The first-order chi connectivity index (χ1) is 9.90. The summed E-state index contributed by atoms with van der Waals surface area (Å²) in [6.07, 6.45) is 8.16. The summed E-state index contributed by atoms with van der Waals surface area (Å²) in [5, 5.41) is 3.70. The fourth-order valence-electron chi connectivity index (χ4n) is 3.29. The average molecular weight is 272 g/mol. The SMILES string of the molecule is c1ccc(CCCN2CCCC(CNC3CC3)C2)cc1. The molecule has 20 heavy (non-hydrogen) atoms. The Morgan fingerprint density at radius 3 is 2.75 bits per heavy atom. The van der Waals surface area contributed by atoms with Crippen molar-refractivity contribution in [1.29, 1.82) is 0 Å². The van der Waals surface area contributed by atoms with Crippen LogP contribution in [0, 0.1) is 5.92 Å². The summed E-state index contributed by atoms with van der Waals surface area (Å²) in [4.78, 5) is 2.69. The van der Waals surface area contributed by atoms with Gasteiger partial charge in [-0.2, -0.15) is 0 Å². The van der Waals surface area contributed by atoms with E-state index < -0.39 is 0 Å². The van der Waals surface area contributed by atoms with Gasteiger partial charge in [-0.05, 0) is 69.6 Å². The smallest absolute Gasteiger partial charge is 0.00683 e. The molecule has 0 spiro atoms. The van der Waals surface area contributed by atoms with Crippen LogP contribution in [0.3, 0.4) is 0 Å². The molecule has 0 bridgehead atoms. The fraction of sp³-hybridized carbons (Fsp3) is 0.667. The zero-order valence-electron chi connectivity index (χ0n) is 12.6. The summed E-state index contributed by atoms with van der Waals surface area (Å²) >= 11 is 0. The average Bonchev–Trinajstić information content (AvgIpc) is 3.31. The number of piperidine rings is 1. The Labute approximate surface area is 123 Å². The number of aryl methyl sites for hydroxylation is 1. The summed E-state index contributed by atoms with van der Waals surface area (Å²) < 4.78 is 0. The van der Waals surface area contributed by atoms with E-state index in [4.69, 9.17) is 0 Å². The lowest BCUT2D eigenvalue weighted by molar-refractivity contribution is 0.170. The van der Waals surface area contributed by atoms with Crippen LogP contribution in [0.15, 0.2) is 30.3 Å². The molecule has 2 aliphatic rings. The second-order valence-corrected chi connectivity index (χ2v) is 6.58. The lowest BCUT2D eigenvalue weighted by atomic mass is 9.97. The Bertz CT molecular complexity index is 386. The molecule has 2 nitrogen and oxygen atoms in total. The summed E-state index contributed by atoms with van der Waals surface area (Å²) in [5.41, 5.74) is 1.48. The van der Waals surface area contributed by atoms with Gasteiger partial charge in [0.25, 0.3) is 0 Å². The summed E-state index contributed by atoms with van der Waals surface area (Å²) in [6.45, 7) is 5.15. The highest BCUT2D eigenvalue weighted by Gasteiger charge is 2.24. The summed E-state index contributed by atoms with van der Waals surface area (Å²) in [5.74, 6) is 0.890. The molecule has 1 heterocycles. The largest absolute Gasteiger partial charge is 0.314 e. The molecule has 1 N–H and O–H groups in total. The van der Waals surface area contributed by atoms with Crippen molar-refractivity contribution < 1.29 is 0 Å². The van der Waals surface area contributed by atoms with Crippen LogP contribution in [-0.2, 0) is 6.42 Å². The quantitative estimate of drug-likeness (QED) is 0.820. The molecule has 0 aromatic heterocycles. The van der Waals surface area contributed by atoms with E-state index in [0.717, 1.165) is 12.0 Å². The van der Waals surface area contributed by atoms with E-state index in [2.05, 4.69) is 40.5 Å². The topological polar surface area (TPSA) is 15.3 Å². The Morgan fingerprint density at radius 1 is 1.10 bits per heavy atom. The molecule has 2 heteroatoms. The van der Waals surface area contributed by atoms with Crippen molar-refractivity contribution in [2.45, 2.75) is 44.6 Å². The highest BCUT2D eigenvalue weighted by molar-refractivity contribution is 5.14. The van der Waals surface area contributed by atoms with Gasteiger partial charge in [0.05, 0.1) is 0 Å². The Balaban J connectivity index is 1.34. The molecule has 0 radical (unpaired) electrons. The summed E-state index contributed by atoms with van der Waals surface area (Å²) in [7, 11) is 0. The number of nitrogens with one attached hydrogen (secondary N) is 1. The van der Waals surface area contributed by atoms with Crippen molar-refractivity contribution in [3.05, 3.63) is 35.9 Å². The highest BCUT2D eigenvalue weighted by Crippen LogP contribution is 2.21. The number of likely N-dealkylation sites (tertiary alicyclic amines) is 1. The molecule has 3 rings (SSSR count). The molecule has 0 amide bonds. The molecule has 1 atom stereocenters. The van der Waals surface area contributed by atoms with E-state index in [1.807, 2.05) is 0 Å². The first-order valence-corrected chi connectivity index (χ1v) is 8.40. The van der Waals surface area contributed by atoms with Crippen LogP contribution in [0.2, 0.25) is 0 Å². The maximum absolute atomic E-state index is 3.70. The van der Waals surface area contributed by atoms with Gasteiger partial charge in [0.15, 0.2) is 0 Å². The van der Waals surface area contributed by atoms with Gasteiger partial charge < -0.3 is 10.2 Å². The number of benzene rings is 1. The van der Waals surface area contributed by atoms with Crippen molar-refractivity contribution in [3.8, 4) is 0 Å². The third kappa shape index (κ3) is 4.60. The fourth-order valence-corrected chi connectivity index (χ4v) is 3.29. The van der Waals surface area contributed by atoms with Crippen LogP contribution in [0.25, 0.3) is 0 Å². The first-order valence-electron chi connectivity index (χ1n) is 8.40. The number of hydrogen-bond acceptors (Lipinski definition) is 2. The maximum atomic E-state index is 3.70. The molecular weight excluding hydrogens is 244 g/mol. The van der Waals surface area contributed by atoms with Crippen LogP contribution in [0.1, 0.15) is 37.7 Å². The van der Waals surface area contributed by atoms with Crippen LogP contribution in [0.5, 0.6) is 0 Å². The van der Waals surface area contributed by atoms with E-state index in [9.17, 15) is 0 Å². The number of hydrogen-bond donors (Lipinski definition) is 1. The van der Waals surface area contributed by atoms with Crippen molar-refractivity contribution >= 4 is 0 Å². The monoisotopic (exact) mass is 272 g/mol. The lowest BCUT2D eigenvalue weighted by Crippen LogP contribution is -2.40. The van der Waals surface area contributed by atoms with Gasteiger partial charge in [-0.25, -0.2) is 0 Å². The van der Waals surface area contributed by atoms with Crippen LogP contribution in [-0.4, -0.2) is 37.1 Å². The van der Waals surface area contributed by atoms with Crippen LogP contribution in [0.4, 0.5) is 0 Å². The highest BCUT2D eigenvalue weighted by atomic mass is 15.1. The van der Waals surface area contributed by atoms with E-state index in [1.165, 1.54) is 70.3 Å². The predicted octanol–water partition coefficient (Wildman–Crippen LogP) is 3.08. The molecule has 1 unspecified atom stereocenters. The number of rotatable bonds is 7. The normalized spacial score (nSPS) is 23.9. The van der Waals surface area contributed by atoms with E-state index in [1.54, 1.807) is 0 Å². The molecule has 1 saturated carbocycles. The minimum absolute atomic E-state index is 0.864. The predicted molar refractivity (Wildman–Crippen MR) is 85.0 cm³/mol. The van der Waals surface area contributed by atoms with Crippen LogP contribution < -0.4 is 5.32 Å². The van der Waals surface area contributed by atoms with Crippen molar-refractivity contribution in [2.24, 2.45) is 5.92 Å². The van der Waals surface area contributed by atoms with Gasteiger partial charge in [0, 0.05) is 12.6 Å². The second-order valence-electron chi connectivity index (χ2n) is 6.58. The van der Waals surface area contributed by atoms with Crippen molar-refractivity contribution in [2.75, 3.05) is 26.2 Å². The molecule has 1 saturated heterocycles. The molecule has 110 valence electrons. The summed E-state index contributed by atoms with van der Waals surface area (Å²) in [6, 6.07) is 11.8. The van der Waals surface area contributed by atoms with Gasteiger partial charge in [-0.3, -0.25) is 0 Å². The van der Waals surface area contributed by atoms with Crippen LogP contribution >= 0.6 is 0 Å². The maximum Gasteiger partial charge on any atom is 0.00683 e. The van der Waals surface area contributed by atoms with Gasteiger partial charge in [0.2, 0.25) is 0 Å². The zero-order valence-corrected chi connectivity index (χ0v) is 12.6. The van der Waals surface area contributed by atoms with Gasteiger partial charge >= 0.3 is 0 Å². The Morgan fingerprint density at radius 2 is 1.95 bits per heavy atom. The molecule has 1 aromatic rings. The molecule has 2 fully saturated rings. The van der Waals surface area contributed by atoms with Gasteiger partial charge in [-0.1, -0.05) is 30.3 Å². The van der Waals surface area contributed by atoms with E-state index >= 15 is 0 Å². The van der Waals surface area contributed by atoms with Gasteiger partial charge in [0.1, 0.15) is 0 Å². The molecular formula is C18H28N2. The third-order valence-corrected chi connectivity index (χ3v) is 4.66. The molecule has 1 aliphatic carbocycles. The molecule has 1 aliphatic heterocycles. The number of nitrogens with zero attached hydrogens (tertiary/aromatic N) is 1. The first kappa shape index (κ1) is 14.1. The standard InChI is InChI=1S/C18H28N2/c1-2-6-16(7-3-1)8-4-12-20-13-5-9-17(15-20)14-19-18-10-11-18/h1-3,6-7,17-19H,4-5,8-15H2. The minimum Gasteiger partial charge on any atom is -0.314 e. The molecule has 1 aromatic carbocycles. The van der Waals surface area contributed by atoms with Crippen molar-refractivity contribution in [1.82, 2.24) is 10.2 Å². The van der Waals surface area contributed by atoms with Gasteiger partial charge in [-0.15, -0.1) is 0 Å². The third-order valence-electron chi connectivity index (χ3n) is 4.66. The van der Waals surface area contributed by atoms with E-state index in [0.29, 0.717) is 0 Å². The van der Waals surface area contributed by atoms with E-state index in [-0.39, 0.29) is 0 Å². The lowest BCUT2D eigenvalue weighted by Gasteiger charge is -2.33. The Hall–Kier alpha value is -0.860. The second kappa shape index (κ2) is 7.24. The van der Waals surface area contributed by atoms with Crippen molar-refractivity contribution in [3.63, 3.8) is 0 Å².